The molecular weight excluding hydrogens is 339 g/mol. The molecule has 4 aliphatic carbocycles. The number of hydrogen-bond acceptors (Lipinski definition) is 3. The Morgan fingerprint density at radius 3 is 2.28 bits per heavy atom. The second-order valence-electron chi connectivity index (χ2n) is 7.87. The number of hydrogen-bond donors (Lipinski definition) is 2. The van der Waals surface area contributed by atoms with Crippen LogP contribution >= 0.6 is 11.8 Å². The Bertz CT molecular complexity index is 658. The van der Waals surface area contributed by atoms with Gasteiger partial charge in [0, 0.05) is 4.75 Å². The van der Waals surface area contributed by atoms with E-state index in [1.165, 1.54) is 50.7 Å². The molecule has 3 amide bonds. The summed E-state index contributed by atoms with van der Waals surface area (Å²) in [6.45, 7) is 0. The average Bonchev–Trinajstić information content (AvgIpc) is 2.54. The maximum atomic E-state index is 13.5. The van der Waals surface area contributed by atoms with Crippen LogP contribution in [0.3, 0.4) is 0 Å². The number of carbonyl (C=O) groups is 2. The van der Waals surface area contributed by atoms with Crippen LogP contribution in [0.2, 0.25) is 0 Å². The zero-order valence-electron chi connectivity index (χ0n) is 14.1. The van der Waals surface area contributed by atoms with Gasteiger partial charge in [0.15, 0.2) is 0 Å². The zero-order valence-corrected chi connectivity index (χ0v) is 14.9. The Labute approximate surface area is 151 Å². The predicted molar refractivity (Wildman–Crippen MR) is 96.9 cm³/mol. The molecule has 4 saturated carbocycles. The van der Waals surface area contributed by atoms with Crippen LogP contribution in [-0.2, 0) is 4.79 Å². The van der Waals surface area contributed by atoms with Crippen molar-refractivity contribution in [3.63, 3.8) is 0 Å². The number of anilines is 1. The minimum absolute atomic E-state index is 0.0709. The molecule has 4 aliphatic rings. The number of rotatable bonds is 4. The molecule has 0 radical (unpaired) electrons. The summed E-state index contributed by atoms with van der Waals surface area (Å²) in [6, 6.07) is 5.22. The first-order chi connectivity index (χ1) is 12.0. The van der Waals surface area contributed by atoms with Gasteiger partial charge in [-0.3, -0.25) is 10.1 Å². The molecule has 4 fully saturated rings. The van der Waals surface area contributed by atoms with Gasteiger partial charge in [0.25, 0.3) is 0 Å². The summed E-state index contributed by atoms with van der Waals surface area (Å²) >= 11 is 1.73. The van der Waals surface area contributed by atoms with Gasteiger partial charge in [0.05, 0.1) is 11.4 Å². The predicted octanol–water partition coefficient (Wildman–Crippen LogP) is 4.18. The minimum Gasteiger partial charge on any atom is -0.305 e. The number of nitrogens with one attached hydrogen (secondary N) is 2. The van der Waals surface area contributed by atoms with E-state index in [1.807, 2.05) is 0 Å². The van der Waals surface area contributed by atoms with Gasteiger partial charge in [-0.15, -0.1) is 11.8 Å². The maximum Gasteiger partial charge on any atom is 0.325 e. The van der Waals surface area contributed by atoms with Crippen molar-refractivity contribution in [1.82, 2.24) is 5.32 Å². The summed E-state index contributed by atoms with van der Waals surface area (Å²) < 4.78 is 13.8. The van der Waals surface area contributed by atoms with Crippen LogP contribution in [0.25, 0.3) is 0 Å². The third-order valence-corrected chi connectivity index (χ3v) is 7.39. The Morgan fingerprint density at radius 1 is 1.08 bits per heavy atom. The fraction of sp³-hybridized carbons (Fsp3) is 0.579. The van der Waals surface area contributed by atoms with Crippen molar-refractivity contribution in [2.75, 3.05) is 11.1 Å². The molecule has 2 N–H and O–H groups in total. The van der Waals surface area contributed by atoms with Crippen LogP contribution in [0.5, 0.6) is 0 Å². The monoisotopic (exact) mass is 362 g/mol. The minimum atomic E-state index is -0.679. The molecule has 0 aliphatic heterocycles. The molecule has 134 valence electrons. The third kappa shape index (κ3) is 3.68. The number of amides is 3. The molecule has 0 aromatic heterocycles. The van der Waals surface area contributed by atoms with Crippen molar-refractivity contribution in [2.24, 2.45) is 17.8 Å². The lowest BCUT2D eigenvalue weighted by Crippen LogP contribution is -2.49. The number of para-hydroxylation sites is 1. The van der Waals surface area contributed by atoms with Gasteiger partial charge in [-0.1, -0.05) is 12.1 Å². The molecule has 4 bridgehead atoms. The number of thioether (sulfide) groups is 1. The van der Waals surface area contributed by atoms with Crippen LogP contribution < -0.4 is 10.6 Å². The number of imide groups is 1. The highest BCUT2D eigenvalue weighted by Gasteiger charge is 2.51. The van der Waals surface area contributed by atoms with Crippen LogP contribution in [0.4, 0.5) is 14.9 Å². The Kier molecular flexibility index (Phi) is 4.48. The molecule has 0 spiro atoms. The number of urea groups is 1. The first-order valence-electron chi connectivity index (χ1n) is 9.01. The Balaban J connectivity index is 1.28. The van der Waals surface area contributed by atoms with E-state index in [0.29, 0.717) is 0 Å². The van der Waals surface area contributed by atoms with E-state index in [2.05, 4.69) is 10.6 Å². The van der Waals surface area contributed by atoms with E-state index in [0.717, 1.165) is 17.8 Å². The molecule has 0 saturated heterocycles. The lowest BCUT2D eigenvalue weighted by atomic mass is 9.56. The fourth-order valence-corrected chi connectivity index (χ4v) is 6.88. The van der Waals surface area contributed by atoms with Gasteiger partial charge in [0.1, 0.15) is 5.82 Å². The molecule has 6 heteroatoms. The fourth-order valence-electron chi connectivity index (χ4n) is 5.31. The van der Waals surface area contributed by atoms with Crippen molar-refractivity contribution in [3.05, 3.63) is 30.1 Å². The van der Waals surface area contributed by atoms with Crippen molar-refractivity contribution < 1.29 is 14.0 Å². The summed E-state index contributed by atoms with van der Waals surface area (Å²) in [4.78, 5) is 24.0. The number of benzene rings is 1. The summed E-state index contributed by atoms with van der Waals surface area (Å²) in [7, 11) is 0. The molecule has 5 rings (SSSR count). The maximum absolute atomic E-state index is 13.5. The summed E-state index contributed by atoms with van der Waals surface area (Å²) in [6.07, 6.45) is 7.78. The molecule has 4 nitrogen and oxygen atoms in total. The van der Waals surface area contributed by atoms with Gasteiger partial charge in [-0.2, -0.15) is 0 Å². The van der Waals surface area contributed by atoms with Gasteiger partial charge in [-0.25, -0.2) is 9.18 Å². The standard InChI is InChI=1S/C19H23FN2O2S/c20-15-3-1-2-4-16(15)21-18(24)22-17(23)11-25-19-8-12-5-13(9-19)7-14(6-12)10-19/h1-4,12-14H,5-11H2,(H2,21,22,23,24). The van der Waals surface area contributed by atoms with E-state index in [1.54, 1.807) is 23.9 Å². The first kappa shape index (κ1) is 16.9. The molecule has 0 unspecified atom stereocenters. The lowest BCUT2D eigenvalue weighted by Gasteiger charge is -2.56. The molecular formula is C19H23FN2O2S. The molecule has 25 heavy (non-hydrogen) atoms. The quantitative estimate of drug-likeness (QED) is 0.845. The van der Waals surface area contributed by atoms with E-state index in [-0.39, 0.29) is 22.1 Å². The van der Waals surface area contributed by atoms with Crippen LogP contribution in [0, 0.1) is 23.6 Å². The summed E-state index contributed by atoms with van der Waals surface area (Å²) in [5, 5.41) is 4.69. The smallest absolute Gasteiger partial charge is 0.305 e. The van der Waals surface area contributed by atoms with Crippen molar-refractivity contribution in [1.29, 1.82) is 0 Å². The van der Waals surface area contributed by atoms with Gasteiger partial charge < -0.3 is 5.32 Å². The highest BCUT2D eigenvalue weighted by atomic mass is 32.2. The second-order valence-corrected chi connectivity index (χ2v) is 9.31. The topological polar surface area (TPSA) is 58.2 Å². The zero-order chi connectivity index (χ0) is 17.4. The largest absolute Gasteiger partial charge is 0.325 e. The summed E-state index contributed by atoms with van der Waals surface area (Å²) in [5.41, 5.74) is 0.0709. The van der Waals surface area contributed by atoms with E-state index >= 15 is 0 Å². The van der Waals surface area contributed by atoms with E-state index in [9.17, 15) is 14.0 Å². The van der Waals surface area contributed by atoms with Gasteiger partial charge >= 0.3 is 6.03 Å². The van der Waals surface area contributed by atoms with Crippen LogP contribution in [0.1, 0.15) is 38.5 Å². The first-order valence-corrected chi connectivity index (χ1v) is 9.99. The van der Waals surface area contributed by atoms with Crippen LogP contribution in [0.15, 0.2) is 24.3 Å². The highest BCUT2D eigenvalue weighted by molar-refractivity contribution is 8.01. The van der Waals surface area contributed by atoms with Gasteiger partial charge in [0.2, 0.25) is 5.91 Å². The normalized spacial score (nSPS) is 32.4. The highest BCUT2D eigenvalue weighted by Crippen LogP contribution is 2.60. The number of halogens is 1. The Hall–Kier alpha value is -1.56. The van der Waals surface area contributed by atoms with Gasteiger partial charge in [-0.05, 0) is 68.4 Å². The molecule has 0 atom stereocenters. The molecule has 1 aromatic rings. The van der Waals surface area contributed by atoms with Crippen LogP contribution in [-0.4, -0.2) is 22.4 Å². The van der Waals surface area contributed by atoms with Crippen molar-refractivity contribution in [2.45, 2.75) is 43.3 Å². The van der Waals surface area contributed by atoms with E-state index < -0.39 is 11.8 Å². The van der Waals surface area contributed by atoms with Crippen molar-refractivity contribution in [3.8, 4) is 0 Å². The average molecular weight is 362 g/mol. The second kappa shape index (κ2) is 6.63. The lowest BCUT2D eigenvalue weighted by molar-refractivity contribution is -0.117. The SMILES string of the molecule is O=C(CSC12CC3CC(CC(C3)C1)C2)NC(=O)Nc1ccccc1F. The number of carbonyl (C=O) groups excluding carboxylic acids is 2. The van der Waals surface area contributed by atoms with Crippen molar-refractivity contribution >= 4 is 29.4 Å². The van der Waals surface area contributed by atoms with E-state index in [4.69, 9.17) is 0 Å². The molecule has 1 aromatic carbocycles. The molecule has 0 heterocycles. The summed E-state index contributed by atoms with van der Waals surface area (Å²) in [5.74, 6) is 1.97. The third-order valence-electron chi connectivity index (χ3n) is 5.87. The Morgan fingerprint density at radius 2 is 1.68 bits per heavy atom.